The van der Waals surface area contributed by atoms with Gasteiger partial charge in [-0.1, -0.05) is 42.5 Å². The molecule has 0 aliphatic carbocycles. The number of methoxy groups -OCH3 is 1. The number of nitrogens with one attached hydrogen (secondary N) is 2. The molecule has 0 atom stereocenters. The fraction of sp³-hybridized carbons (Fsp3) is 0.269. The Hall–Kier alpha value is -3.56. The van der Waals surface area contributed by atoms with Crippen LogP contribution >= 0.6 is 0 Å². The first-order valence-corrected chi connectivity index (χ1v) is 12.9. The first-order chi connectivity index (χ1) is 17.0. The minimum Gasteiger partial charge on any atom is -0.495 e. The summed E-state index contributed by atoms with van der Waals surface area (Å²) in [5.41, 5.74) is 2.37. The van der Waals surface area contributed by atoms with E-state index >= 15 is 0 Å². The number of anilines is 3. The number of amides is 1. The van der Waals surface area contributed by atoms with Crippen LogP contribution in [0.5, 0.6) is 5.75 Å². The van der Waals surface area contributed by atoms with Crippen LogP contribution in [0.25, 0.3) is 0 Å². The van der Waals surface area contributed by atoms with Crippen LogP contribution < -0.4 is 19.7 Å². The first kappa shape index (κ1) is 24.6. The van der Waals surface area contributed by atoms with Gasteiger partial charge in [0, 0.05) is 25.2 Å². The summed E-state index contributed by atoms with van der Waals surface area (Å²) in [5.74, 6) is 0.225. The molecule has 1 heterocycles. The van der Waals surface area contributed by atoms with E-state index in [1.54, 1.807) is 36.4 Å². The molecule has 0 saturated carbocycles. The number of hydrogen-bond donors (Lipinski definition) is 2. The number of benzene rings is 3. The zero-order valence-corrected chi connectivity index (χ0v) is 20.4. The number of sulfonamides is 1. The van der Waals surface area contributed by atoms with Crippen LogP contribution in [0.3, 0.4) is 0 Å². The maximum Gasteiger partial charge on any atom is 0.264 e. The van der Waals surface area contributed by atoms with Crippen molar-refractivity contribution in [3.05, 3.63) is 78.4 Å². The van der Waals surface area contributed by atoms with Crippen molar-refractivity contribution < 1.29 is 22.7 Å². The molecule has 0 spiro atoms. The van der Waals surface area contributed by atoms with Gasteiger partial charge in [0.25, 0.3) is 10.0 Å². The number of carbonyl (C=O) groups excluding carboxylic acids is 1. The minimum absolute atomic E-state index is 0.0752. The number of para-hydroxylation sites is 2. The van der Waals surface area contributed by atoms with Crippen LogP contribution in [0.15, 0.2) is 77.7 Å². The van der Waals surface area contributed by atoms with Gasteiger partial charge in [-0.15, -0.1) is 0 Å². The van der Waals surface area contributed by atoms with Crippen LogP contribution in [0, 0.1) is 0 Å². The summed E-state index contributed by atoms with van der Waals surface area (Å²) < 4.78 is 40.5. The highest BCUT2D eigenvalue weighted by molar-refractivity contribution is 7.93. The van der Waals surface area contributed by atoms with Crippen molar-refractivity contribution in [2.24, 2.45) is 0 Å². The monoisotopic (exact) mass is 495 g/mol. The fourth-order valence-corrected chi connectivity index (χ4v) is 5.25. The van der Waals surface area contributed by atoms with E-state index in [2.05, 4.69) is 10.0 Å². The average Bonchev–Trinajstić information content (AvgIpc) is 2.89. The molecule has 0 unspecified atom stereocenters. The largest absolute Gasteiger partial charge is 0.495 e. The molecule has 0 bridgehead atoms. The summed E-state index contributed by atoms with van der Waals surface area (Å²) in [6.07, 6.45) is 0.885. The number of carbonyl (C=O) groups is 1. The molecule has 3 aromatic carbocycles. The van der Waals surface area contributed by atoms with Crippen LogP contribution in [-0.2, 0) is 26.0 Å². The van der Waals surface area contributed by atoms with Crippen LogP contribution in [0.4, 0.5) is 17.1 Å². The highest BCUT2D eigenvalue weighted by Crippen LogP contribution is 2.33. The van der Waals surface area contributed by atoms with Gasteiger partial charge in [0.15, 0.2) is 0 Å². The second-order valence-corrected chi connectivity index (χ2v) is 9.77. The number of hydrogen-bond acceptors (Lipinski definition) is 6. The molecule has 0 aromatic heterocycles. The Morgan fingerprint density at radius 2 is 1.71 bits per heavy atom. The van der Waals surface area contributed by atoms with Crippen molar-refractivity contribution in [2.75, 3.05) is 48.4 Å². The second-order valence-electron chi connectivity index (χ2n) is 8.12. The highest BCUT2D eigenvalue weighted by atomic mass is 32.2. The van der Waals surface area contributed by atoms with Crippen LogP contribution in [-0.4, -0.2) is 47.7 Å². The summed E-state index contributed by atoms with van der Waals surface area (Å²) in [6.45, 7) is 2.16. The summed E-state index contributed by atoms with van der Waals surface area (Å²) in [5, 5.41) is 2.84. The Morgan fingerprint density at radius 3 is 2.46 bits per heavy atom. The van der Waals surface area contributed by atoms with Crippen molar-refractivity contribution in [1.82, 2.24) is 0 Å². The van der Waals surface area contributed by atoms with Crippen molar-refractivity contribution >= 4 is 33.0 Å². The van der Waals surface area contributed by atoms with Gasteiger partial charge < -0.3 is 19.7 Å². The molecule has 1 saturated heterocycles. The molecular formula is C26H29N3O5S. The molecule has 1 aliphatic heterocycles. The Bertz CT molecular complexity index is 1260. The van der Waals surface area contributed by atoms with E-state index in [0.29, 0.717) is 55.5 Å². The van der Waals surface area contributed by atoms with Gasteiger partial charge in [-0.05, 0) is 42.3 Å². The summed E-state index contributed by atoms with van der Waals surface area (Å²) in [4.78, 5) is 14.6. The Kier molecular flexibility index (Phi) is 7.89. The predicted octanol–water partition coefficient (Wildman–Crippen LogP) is 3.90. The molecule has 8 nitrogen and oxygen atoms in total. The molecule has 9 heteroatoms. The van der Waals surface area contributed by atoms with Gasteiger partial charge in [0.2, 0.25) is 5.91 Å². The quantitative estimate of drug-likeness (QED) is 0.467. The van der Waals surface area contributed by atoms with Crippen molar-refractivity contribution in [3.8, 4) is 5.75 Å². The van der Waals surface area contributed by atoms with Gasteiger partial charge in [-0.2, -0.15) is 0 Å². The van der Waals surface area contributed by atoms with Gasteiger partial charge in [0.05, 0.1) is 31.7 Å². The number of ether oxygens (including phenoxy) is 2. The zero-order chi connectivity index (χ0) is 24.7. The highest BCUT2D eigenvalue weighted by Gasteiger charge is 2.25. The lowest BCUT2D eigenvalue weighted by molar-refractivity contribution is -0.116. The standard InChI is InChI=1S/C26H29N3O5S/c1-33-24-10-6-5-9-22(24)28-35(31,32)25-19-21(12-13-23(25)29-15-17-34-18-16-29)27-26(30)14-11-20-7-3-2-4-8-20/h2-10,12-13,19,28H,11,14-18H2,1H3,(H,27,30). The van der Waals surface area contributed by atoms with E-state index in [4.69, 9.17) is 9.47 Å². The molecule has 35 heavy (non-hydrogen) atoms. The molecule has 184 valence electrons. The average molecular weight is 496 g/mol. The maximum atomic E-state index is 13.5. The topological polar surface area (TPSA) is 97.0 Å². The molecule has 0 radical (unpaired) electrons. The van der Waals surface area contributed by atoms with Crippen LogP contribution in [0.1, 0.15) is 12.0 Å². The summed E-state index contributed by atoms with van der Waals surface area (Å²) in [6, 6.07) is 21.5. The Morgan fingerprint density at radius 1 is 1.00 bits per heavy atom. The lowest BCUT2D eigenvalue weighted by Crippen LogP contribution is -2.37. The van der Waals surface area contributed by atoms with Crippen molar-refractivity contribution in [3.63, 3.8) is 0 Å². The van der Waals surface area contributed by atoms with Gasteiger partial charge >= 0.3 is 0 Å². The second kappa shape index (κ2) is 11.2. The molecular weight excluding hydrogens is 466 g/mol. The lowest BCUT2D eigenvalue weighted by Gasteiger charge is -2.30. The normalized spacial score (nSPS) is 13.8. The number of morpholine rings is 1. The first-order valence-electron chi connectivity index (χ1n) is 11.4. The fourth-order valence-electron chi connectivity index (χ4n) is 3.93. The van der Waals surface area contributed by atoms with E-state index in [0.717, 1.165) is 5.56 Å². The smallest absolute Gasteiger partial charge is 0.264 e. The van der Waals surface area contributed by atoms with Crippen molar-refractivity contribution in [1.29, 1.82) is 0 Å². The molecule has 1 amide bonds. The molecule has 4 rings (SSSR count). The van der Waals surface area contributed by atoms with E-state index in [1.807, 2.05) is 35.2 Å². The van der Waals surface area contributed by atoms with Crippen molar-refractivity contribution in [2.45, 2.75) is 17.7 Å². The molecule has 1 aliphatic rings. The molecule has 1 fully saturated rings. The third kappa shape index (κ3) is 6.32. The SMILES string of the molecule is COc1ccccc1NS(=O)(=O)c1cc(NC(=O)CCc2ccccc2)ccc1N1CCOCC1. The van der Waals surface area contributed by atoms with E-state index < -0.39 is 10.0 Å². The number of nitrogens with zero attached hydrogens (tertiary/aromatic N) is 1. The maximum absolute atomic E-state index is 13.5. The molecule has 2 N–H and O–H groups in total. The summed E-state index contributed by atoms with van der Waals surface area (Å²) >= 11 is 0. The zero-order valence-electron chi connectivity index (χ0n) is 19.6. The van der Waals surface area contributed by atoms with Gasteiger partial charge in [0.1, 0.15) is 10.6 Å². The predicted molar refractivity (Wildman–Crippen MR) is 137 cm³/mol. The third-order valence-electron chi connectivity index (χ3n) is 5.72. The number of aryl methyl sites for hydroxylation is 1. The van der Waals surface area contributed by atoms with Gasteiger partial charge in [-0.25, -0.2) is 8.42 Å². The Balaban J connectivity index is 1.60. The number of rotatable bonds is 9. The van der Waals surface area contributed by atoms with E-state index in [9.17, 15) is 13.2 Å². The van der Waals surface area contributed by atoms with Crippen LogP contribution in [0.2, 0.25) is 0 Å². The van der Waals surface area contributed by atoms with E-state index in [1.165, 1.54) is 13.2 Å². The minimum atomic E-state index is -4.00. The Labute approximate surface area is 205 Å². The molecule has 3 aromatic rings. The van der Waals surface area contributed by atoms with Gasteiger partial charge in [-0.3, -0.25) is 9.52 Å². The summed E-state index contributed by atoms with van der Waals surface area (Å²) in [7, 11) is -2.52. The third-order valence-corrected chi connectivity index (χ3v) is 7.11. The lowest BCUT2D eigenvalue weighted by atomic mass is 10.1. The van der Waals surface area contributed by atoms with E-state index in [-0.39, 0.29) is 17.2 Å².